The maximum Gasteiger partial charge on any atom is 0.306 e. The monoisotopic (exact) mass is 1070 g/mol. The number of hydrogen-bond donors (Lipinski definition) is 0. The van der Waals surface area contributed by atoms with Gasteiger partial charge in [0.25, 0.3) is 0 Å². The Morgan fingerprint density at radius 2 is 0.532 bits per heavy atom. The van der Waals surface area contributed by atoms with Crippen molar-refractivity contribution < 1.29 is 28.6 Å². The van der Waals surface area contributed by atoms with Gasteiger partial charge in [-0.05, 0) is 89.9 Å². The summed E-state index contributed by atoms with van der Waals surface area (Å²) in [4.78, 5) is 38.3. The molecule has 0 aliphatic rings. The average molecular weight is 1070 g/mol. The lowest BCUT2D eigenvalue weighted by atomic mass is 10.0. The lowest BCUT2D eigenvalue weighted by Crippen LogP contribution is -2.30. The highest BCUT2D eigenvalue weighted by Crippen LogP contribution is 2.17. The molecule has 0 heterocycles. The van der Waals surface area contributed by atoms with Crippen LogP contribution in [0.1, 0.15) is 316 Å². The topological polar surface area (TPSA) is 78.9 Å². The van der Waals surface area contributed by atoms with Crippen LogP contribution >= 0.6 is 0 Å². The minimum atomic E-state index is -0.811. The molecule has 0 fully saturated rings. The predicted octanol–water partition coefficient (Wildman–Crippen LogP) is 22.4. The van der Waals surface area contributed by atoms with E-state index < -0.39 is 6.10 Å². The van der Waals surface area contributed by atoms with Crippen LogP contribution in [-0.2, 0) is 28.6 Å². The summed E-state index contributed by atoms with van der Waals surface area (Å²) in [5.41, 5.74) is 0. The molecule has 0 aliphatic carbocycles. The van der Waals surface area contributed by atoms with E-state index in [0.717, 1.165) is 83.5 Å². The summed E-state index contributed by atoms with van der Waals surface area (Å²) in [6, 6.07) is 0. The predicted molar refractivity (Wildman–Crippen MR) is 334 cm³/mol. The van der Waals surface area contributed by atoms with E-state index in [4.69, 9.17) is 14.2 Å². The van der Waals surface area contributed by atoms with Gasteiger partial charge in [0.05, 0.1) is 0 Å². The second-order valence-corrected chi connectivity index (χ2v) is 21.6. The third-order valence-electron chi connectivity index (χ3n) is 14.1. The molecule has 0 rings (SSSR count). The summed E-state index contributed by atoms with van der Waals surface area (Å²) in [5, 5.41) is 0. The van der Waals surface area contributed by atoms with Crippen LogP contribution in [0, 0.1) is 0 Å². The molecule has 6 heteroatoms. The van der Waals surface area contributed by atoms with Crippen molar-refractivity contribution in [2.24, 2.45) is 0 Å². The lowest BCUT2D eigenvalue weighted by molar-refractivity contribution is -0.166. The van der Waals surface area contributed by atoms with Gasteiger partial charge in [0.1, 0.15) is 13.2 Å². The van der Waals surface area contributed by atoms with Gasteiger partial charge in [0.2, 0.25) is 0 Å². The van der Waals surface area contributed by atoms with Crippen molar-refractivity contribution >= 4 is 17.9 Å². The Morgan fingerprint density at radius 1 is 0.273 bits per heavy atom. The summed E-state index contributed by atoms with van der Waals surface area (Å²) in [6.45, 7) is 6.47. The first-order valence-electron chi connectivity index (χ1n) is 32.7. The van der Waals surface area contributed by atoms with Crippen LogP contribution in [0.2, 0.25) is 0 Å². The number of rotatable bonds is 59. The van der Waals surface area contributed by atoms with Crippen LogP contribution in [0.15, 0.2) is 97.2 Å². The number of esters is 3. The number of hydrogen-bond acceptors (Lipinski definition) is 6. The first-order valence-corrected chi connectivity index (χ1v) is 32.7. The number of carbonyl (C=O) groups is 3. The second-order valence-electron chi connectivity index (χ2n) is 21.6. The molecule has 0 spiro atoms. The van der Waals surface area contributed by atoms with Crippen molar-refractivity contribution in [2.45, 2.75) is 322 Å². The summed E-state index contributed by atoms with van der Waals surface area (Å²) >= 11 is 0. The van der Waals surface area contributed by atoms with E-state index in [-0.39, 0.29) is 37.5 Å². The number of allylic oxidation sites excluding steroid dienone is 16. The summed E-state index contributed by atoms with van der Waals surface area (Å²) < 4.78 is 16.9. The molecule has 0 aliphatic heterocycles. The van der Waals surface area contributed by atoms with E-state index in [0.29, 0.717) is 19.3 Å². The largest absolute Gasteiger partial charge is 0.462 e. The van der Waals surface area contributed by atoms with Gasteiger partial charge in [0, 0.05) is 19.3 Å². The van der Waals surface area contributed by atoms with Crippen molar-refractivity contribution in [3.63, 3.8) is 0 Å². The zero-order valence-electron chi connectivity index (χ0n) is 50.7. The SMILES string of the molecule is CC/C=C\C/C=C\C/C=C\C/C=C\C/C=C\C/C=C\CCC(=O)OC[C@H](COC(=O)CCCCCCCCCCCCCCCCCCCCCCC)OC(=O)CCCCCCCCCCC/C=C\C/C=C\CCCCC. The molecule has 0 bridgehead atoms. The lowest BCUT2D eigenvalue weighted by Gasteiger charge is -2.18. The van der Waals surface area contributed by atoms with Crippen LogP contribution in [0.4, 0.5) is 0 Å². The number of carbonyl (C=O) groups excluding carboxylic acids is 3. The van der Waals surface area contributed by atoms with Crippen LogP contribution in [0.3, 0.4) is 0 Å². The van der Waals surface area contributed by atoms with Crippen molar-refractivity contribution in [1.29, 1.82) is 0 Å². The molecule has 0 amide bonds. The van der Waals surface area contributed by atoms with Gasteiger partial charge in [-0.1, -0.05) is 304 Å². The fourth-order valence-corrected chi connectivity index (χ4v) is 9.21. The number of ether oxygens (including phenoxy) is 3. The number of unbranched alkanes of at least 4 members (excludes halogenated alkanes) is 32. The normalized spacial score (nSPS) is 12.7. The maximum absolute atomic E-state index is 12.9. The molecule has 0 saturated heterocycles. The van der Waals surface area contributed by atoms with Gasteiger partial charge in [-0.15, -0.1) is 0 Å². The molecule has 0 aromatic rings. The zero-order valence-corrected chi connectivity index (χ0v) is 50.7. The summed E-state index contributed by atoms with van der Waals surface area (Å²) in [5.74, 6) is -0.979. The van der Waals surface area contributed by atoms with Crippen molar-refractivity contribution in [3.05, 3.63) is 97.2 Å². The highest BCUT2D eigenvalue weighted by Gasteiger charge is 2.19. The minimum absolute atomic E-state index is 0.100. The molecule has 0 unspecified atom stereocenters. The molecular formula is C71H122O6. The van der Waals surface area contributed by atoms with Gasteiger partial charge in [0.15, 0.2) is 6.10 Å². The fourth-order valence-electron chi connectivity index (χ4n) is 9.21. The highest BCUT2D eigenvalue weighted by atomic mass is 16.6. The third kappa shape index (κ3) is 63.0. The molecule has 6 nitrogen and oxygen atoms in total. The van der Waals surface area contributed by atoms with Crippen LogP contribution in [-0.4, -0.2) is 37.2 Å². The highest BCUT2D eigenvalue weighted by molar-refractivity contribution is 5.71. The van der Waals surface area contributed by atoms with E-state index in [1.54, 1.807) is 0 Å². The van der Waals surface area contributed by atoms with E-state index in [9.17, 15) is 14.4 Å². The standard InChI is InChI=1S/C71H122O6/c1-4-7-10-13-16-19-22-25-28-31-34-35-38-40-43-46-49-52-55-58-61-64-70(73)76-67-68(77-71(74)65-62-59-56-53-50-47-44-41-37-33-30-27-24-21-18-15-12-9-6-3)66-75-69(72)63-60-57-54-51-48-45-42-39-36-32-29-26-23-20-17-14-11-8-5-2/h8,11,17-18,20-21,26-27,29-30,36,39,45,48,54,57,68H,4-7,9-10,12-16,19,22-25,28,31-35,37-38,40-44,46-47,49-53,55-56,58-67H2,1-3H3/b11-8-,20-17-,21-18-,29-26-,30-27-,39-36-,48-45-,57-54-/t68-/m1/s1. The molecule has 1 atom stereocenters. The molecule has 442 valence electrons. The molecular weight excluding hydrogens is 949 g/mol. The first-order chi connectivity index (χ1) is 38.0. The van der Waals surface area contributed by atoms with Crippen molar-refractivity contribution in [2.75, 3.05) is 13.2 Å². The summed E-state index contributed by atoms with van der Waals surface area (Å²) in [7, 11) is 0. The maximum atomic E-state index is 12.9. The van der Waals surface area contributed by atoms with E-state index in [1.165, 1.54) is 186 Å². The second kappa shape index (κ2) is 64.9. The Hall–Kier alpha value is -3.67. The summed E-state index contributed by atoms with van der Waals surface area (Å²) in [6.07, 6.45) is 87.1. The quantitative estimate of drug-likeness (QED) is 0.0261. The van der Waals surface area contributed by atoms with Gasteiger partial charge >= 0.3 is 17.9 Å². The Labute approximate surface area is 477 Å². The molecule has 0 radical (unpaired) electrons. The van der Waals surface area contributed by atoms with Gasteiger partial charge in [-0.25, -0.2) is 0 Å². The fraction of sp³-hybridized carbons (Fsp3) is 0.732. The van der Waals surface area contributed by atoms with E-state index >= 15 is 0 Å². The van der Waals surface area contributed by atoms with Gasteiger partial charge < -0.3 is 14.2 Å². The Balaban J connectivity index is 4.45. The smallest absolute Gasteiger partial charge is 0.306 e. The van der Waals surface area contributed by atoms with E-state index in [2.05, 4.69) is 112 Å². The zero-order chi connectivity index (χ0) is 55.7. The van der Waals surface area contributed by atoms with Gasteiger partial charge in [-0.2, -0.15) is 0 Å². The van der Waals surface area contributed by atoms with Crippen LogP contribution in [0.5, 0.6) is 0 Å². The van der Waals surface area contributed by atoms with Crippen molar-refractivity contribution in [1.82, 2.24) is 0 Å². The van der Waals surface area contributed by atoms with Crippen molar-refractivity contribution in [3.8, 4) is 0 Å². The molecule has 0 N–H and O–H groups in total. The van der Waals surface area contributed by atoms with Crippen LogP contribution < -0.4 is 0 Å². The first kappa shape index (κ1) is 73.3. The minimum Gasteiger partial charge on any atom is -0.462 e. The molecule has 77 heavy (non-hydrogen) atoms. The molecule has 0 saturated carbocycles. The average Bonchev–Trinajstić information content (AvgIpc) is 3.43. The Morgan fingerprint density at radius 3 is 0.896 bits per heavy atom. The Bertz CT molecular complexity index is 1510. The van der Waals surface area contributed by atoms with E-state index in [1.807, 2.05) is 6.08 Å². The molecule has 0 aromatic heterocycles. The Kier molecular flexibility index (Phi) is 61.8. The molecule has 0 aromatic carbocycles. The third-order valence-corrected chi connectivity index (χ3v) is 14.1. The van der Waals surface area contributed by atoms with Crippen LogP contribution in [0.25, 0.3) is 0 Å². The van der Waals surface area contributed by atoms with Gasteiger partial charge in [-0.3, -0.25) is 14.4 Å².